The van der Waals surface area contributed by atoms with Gasteiger partial charge < -0.3 is 14.2 Å². The highest BCUT2D eigenvalue weighted by atomic mass is 35.5. The number of anilines is 1. The van der Waals surface area contributed by atoms with Crippen LogP contribution < -0.4 is 19.1 Å². The summed E-state index contributed by atoms with van der Waals surface area (Å²) in [6.07, 6.45) is 1.60. The van der Waals surface area contributed by atoms with Crippen LogP contribution in [0.1, 0.15) is 5.56 Å². The summed E-state index contributed by atoms with van der Waals surface area (Å²) < 4.78 is 16.0. The quantitative estimate of drug-likeness (QED) is 0.677. The number of hydrogen-bond acceptors (Lipinski definition) is 6. The van der Waals surface area contributed by atoms with Crippen LogP contribution >= 0.6 is 23.4 Å². The molecule has 0 aliphatic carbocycles. The molecule has 0 saturated carbocycles. The maximum absolute atomic E-state index is 12.8. The first-order valence-electron chi connectivity index (χ1n) is 7.82. The number of benzene rings is 2. The van der Waals surface area contributed by atoms with Gasteiger partial charge in [0.1, 0.15) is 0 Å². The zero-order valence-electron chi connectivity index (χ0n) is 14.8. The summed E-state index contributed by atoms with van der Waals surface area (Å²) in [5, 5.41) is 0.143. The first-order chi connectivity index (χ1) is 13.0. The predicted octanol–water partition coefficient (Wildman–Crippen LogP) is 4.61. The van der Waals surface area contributed by atoms with Crippen molar-refractivity contribution < 1.29 is 23.8 Å². The number of amides is 2. The Hall–Kier alpha value is -2.64. The van der Waals surface area contributed by atoms with Crippen molar-refractivity contribution in [3.05, 3.63) is 51.9 Å². The molecule has 2 amide bonds. The second-order valence-electron chi connectivity index (χ2n) is 5.42. The molecule has 0 atom stereocenters. The highest BCUT2D eigenvalue weighted by Gasteiger charge is 2.36. The number of methoxy groups -OCH3 is 3. The van der Waals surface area contributed by atoms with Gasteiger partial charge in [0, 0.05) is 10.6 Å². The van der Waals surface area contributed by atoms with Gasteiger partial charge in [-0.3, -0.25) is 9.59 Å². The van der Waals surface area contributed by atoms with Gasteiger partial charge in [0.05, 0.1) is 31.9 Å². The van der Waals surface area contributed by atoms with E-state index in [1.807, 2.05) is 0 Å². The average Bonchev–Trinajstić information content (AvgIpc) is 2.95. The minimum atomic E-state index is -0.413. The van der Waals surface area contributed by atoms with Crippen LogP contribution in [0.5, 0.6) is 17.2 Å². The first-order valence-corrected chi connectivity index (χ1v) is 9.02. The van der Waals surface area contributed by atoms with E-state index >= 15 is 0 Å². The van der Waals surface area contributed by atoms with E-state index in [0.29, 0.717) is 33.5 Å². The molecule has 0 bridgehead atoms. The summed E-state index contributed by atoms with van der Waals surface area (Å²) in [6, 6.07) is 9.94. The number of thioether (sulfide) groups is 1. The van der Waals surface area contributed by atoms with Crippen molar-refractivity contribution in [2.75, 3.05) is 26.2 Å². The standard InChI is InChI=1S/C19H16ClNO5S/c1-24-14-9-4-11(16(25-2)17(14)26-3)10-15-18(22)21(19(23)27-15)13-7-5-12(20)6-8-13/h4-10H,1-3H3/b15-10-. The van der Waals surface area contributed by atoms with Crippen molar-refractivity contribution in [3.8, 4) is 17.2 Å². The molecular weight excluding hydrogens is 390 g/mol. The monoisotopic (exact) mass is 405 g/mol. The predicted molar refractivity (Wildman–Crippen MR) is 106 cm³/mol. The van der Waals surface area contributed by atoms with Crippen molar-refractivity contribution >= 4 is 46.3 Å². The van der Waals surface area contributed by atoms with E-state index in [-0.39, 0.29) is 10.1 Å². The Morgan fingerprint density at radius 1 is 0.926 bits per heavy atom. The minimum absolute atomic E-state index is 0.278. The molecule has 27 heavy (non-hydrogen) atoms. The number of ether oxygens (including phenoxy) is 3. The Kier molecular flexibility index (Phi) is 5.62. The van der Waals surface area contributed by atoms with Gasteiger partial charge in [-0.05, 0) is 54.2 Å². The zero-order valence-corrected chi connectivity index (χ0v) is 16.4. The van der Waals surface area contributed by atoms with E-state index in [0.717, 1.165) is 16.7 Å². The molecule has 3 rings (SSSR count). The lowest BCUT2D eigenvalue weighted by atomic mass is 10.1. The molecule has 0 aromatic heterocycles. The van der Waals surface area contributed by atoms with Crippen LogP contribution in [-0.2, 0) is 4.79 Å². The molecule has 8 heteroatoms. The van der Waals surface area contributed by atoms with Gasteiger partial charge in [-0.2, -0.15) is 0 Å². The largest absolute Gasteiger partial charge is 0.493 e. The van der Waals surface area contributed by atoms with Crippen LogP contribution in [0.15, 0.2) is 41.3 Å². The summed E-state index contributed by atoms with van der Waals surface area (Å²) in [6.45, 7) is 0. The number of carbonyl (C=O) groups excluding carboxylic acids is 2. The van der Waals surface area contributed by atoms with Crippen LogP contribution in [0.4, 0.5) is 10.5 Å². The number of rotatable bonds is 5. The number of hydrogen-bond donors (Lipinski definition) is 0. The first kappa shape index (κ1) is 19.1. The zero-order chi connectivity index (χ0) is 19.6. The van der Waals surface area contributed by atoms with Gasteiger partial charge in [-0.15, -0.1) is 0 Å². The molecular formula is C19H16ClNO5S. The molecule has 1 saturated heterocycles. The lowest BCUT2D eigenvalue weighted by Crippen LogP contribution is -2.27. The van der Waals surface area contributed by atoms with E-state index in [2.05, 4.69) is 0 Å². The van der Waals surface area contributed by atoms with Crippen LogP contribution in [0, 0.1) is 0 Å². The molecule has 0 radical (unpaired) electrons. The number of imide groups is 1. The average molecular weight is 406 g/mol. The van der Waals surface area contributed by atoms with Gasteiger partial charge in [0.2, 0.25) is 5.75 Å². The van der Waals surface area contributed by atoms with Gasteiger partial charge in [-0.25, -0.2) is 4.90 Å². The van der Waals surface area contributed by atoms with E-state index in [1.165, 1.54) is 21.3 Å². The maximum Gasteiger partial charge on any atom is 0.298 e. The lowest BCUT2D eigenvalue weighted by molar-refractivity contribution is -0.113. The molecule has 0 N–H and O–H groups in total. The van der Waals surface area contributed by atoms with Crippen LogP contribution in [0.25, 0.3) is 6.08 Å². The summed E-state index contributed by atoms with van der Waals surface area (Å²) in [4.78, 5) is 26.5. The third kappa shape index (κ3) is 3.61. The second kappa shape index (κ2) is 7.94. The fourth-order valence-electron chi connectivity index (χ4n) is 2.66. The van der Waals surface area contributed by atoms with Crippen molar-refractivity contribution in [2.45, 2.75) is 0 Å². The Labute approximate surface area is 165 Å². The molecule has 0 spiro atoms. The number of carbonyl (C=O) groups is 2. The van der Waals surface area contributed by atoms with Crippen LogP contribution in [0.2, 0.25) is 5.02 Å². The van der Waals surface area contributed by atoms with Crippen molar-refractivity contribution in [1.82, 2.24) is 0 Å². The van der Waals surface area contributed by atoms with Crippen molar-refractivity contribution in [1.29, 1.82) is 0 Å². The molecule has 1 aliphatic rings. The molecule has 6 nitrogen and oxygen atoms in total. The van der Waals surface area contributed by atoms with E-state index in [4.69, 9.17) is 25.8 Å². The minimum Gasteiger partial charge on any atom is -0.493 e. The highest BCUT2D eigenvalue weighted by molar-refractivity contribution is 8.19. The Morgan fingerprint density at radius 3 is 2.19 bits per heavy atom. The molecule has 140 valence electrons. The lowest BCUT2D eigenvalue weighted by Gasteiger charge is -2.14. The Bertz CT molecular complexity index is 926. The van der Waals surface area contributed by atoms with E-state index in [9.17, 15) is 9.59 Å². The SMILES string of the molecule is COc1ccc(/C=C2\SC(=O)N(c3ccc(Cl)cc3)C2=O)c(OC)c1OC. The molecule has 0 unspecified atom stereocenters. The summed E-state index contributed by atoms with van der Waals surface area (Å²) in [7, 11) is 4.51. The van der Waals surface area contributed by atoms with E-state index in [1.54, 1.807) is 42.5 Å². The number of halogens is 1. The van der Waals surface area contributed by atoms with Crippen LogP contribution in [0.3, 0.4) is 0 Å². The van der Waals surface area contributed by atoms with Crippen molar-refractivity contribution in [2.24, 2.45) is 0 Å². The van der Waals surface area contributed by atoms with Gasteiger partial charge in [0.15, 0.2) is 11.5 Å². The molecule has 1 heterocycles. The smallest absolute Gasteiger partial charge is 0.298 e. The molecule has 2 aromatic rings. The van der Waals surface area contributed by atoms with Gasteiger partial charge in [0.25, 0.3) is 11.1 Å². The summed E-state index contributed by atoms with van der Waals surface area (Å²) >= 11 is 6.73. The van der Waals surface area contributed by atoms with Crippen molar-refractivity contribution in [3.63, 3.8) is 0 Å². The third-order valence-corrected chi connectivity index (χ3v) is 5.02. The maximum atomic E-state index is 12.8. The fraction of sp³-hybridized carbons (Fsp3) is 0.158. The number of nitrogens with zero attached hydrogens (tertiary/aromatic N) is 1. The second-order valence-corrected chi connectivity index (χ2v) is 6.85. The molecule has 1 fully saturated rings. The molecule has 2 aromatic carbocycles. The highest BCUT2D eigenvalue weighted by Crippen LogP contribution is 2.43. The molecule has 1 aliphatic heterocycles. The fourth-order valence-corrected chi connectivity index (χ4v) is 3.62. The summed E-state index contributed by atoms with van der Waals surface area (Å²) in [5.74, 6) is 0.908. The van der Waals surface area contributed by atoms with Crippen LogP contribution in [-0.4, -0.2) is 32.5 Å². The summed E-state index contributed by atoms with van der Waals surface area (Å²) in [5.41, 5.74) is 1.06. The van der Waals surface area contributed by atoms with Gasteiger partial charge in [-0.1, -0.05) is 11.6 Å². The normalized spacial score (nSPS) is 15.4. The Morgan fingerprint density at radius 2 is 1.59 bits per heavy atom. The third-order valence-electron chi connectivity index (χ3n) is 3.90. The Balaban J connectivity index is 2.00. The van der Waals surface area contributed by atoms with E-state index < -0.39 is 5.91 Å². The van der Waals surface area contributed by atoms with Gasteiger partial charge >= 0.3 is 0 Å². The topological polar surface area (TPSA) is 65.1 Å².